The lowest BCUT2D eigenvalue weighted by Crippen LogP contribution is -2.37. The molecule has 1 unspecified atom stereocenters. The number of carbonyl (C=O) groups excluding carboxylic acids is 1. The lowest BCUT2D eigenvalue weighted by Gasteiger charge is -2.02. The average Bonchev–Trinajstić information content (AvgIpc) is 2.49. The van der Waals surface area contributed by atoms with E-state index >= 15 is 0 Å². The van der Waals surface area contributed by atoms with Gasteiger partial charge in [-0.25, -0.2) is 5.43 Å². The minimum atomic E-state index is -0.677. The molecule has 5 nitrogen and oxygen atoms in total. The number of hydrogen-bond acceptors (Lipinski definition) is 4. The highest BCUT2D eigenvalue weighted by Crippen LogP contribution is 2.05. The van der Waals surface area contributed by atoms with Crippen LogP contribution in [0.2, 0.25) is 0 Å². The van der Waals surface area contributed by atoms with Crippen molar-refractivity contribution in [1.82, 2.24) is 10.4 Å². The molecule has 66 valence electrons. The molecule has 1 amide bonds. The van der Waals surface area contributed by atoms with Gasteiger partial charge in [0, 0.05) is 18.0 Å². The zero-order chi connectivity index (χ0) is 9.26. The van der Waals surface area contributed by atoms with E-state index in [4.69, 9.17) is 5.73 Å². The SMILES string of the molecule is NC1C(=O)NN=C1c1cccnc1. The topological polar surface area (TPSA) is 80.4 Å². The molecule has 0 spiro atoms. The van der Waals surface area contributed by atoms with E-state index in [1.807, 2.05) is 6.07 Å². The summed E-state index contributed by atoms with van der Waals surface area (Å²) in [6, 6.07) is 2.91. The number of rotatable bonds is 1. The number of pyridine rings is 1. The number of hydrazone groups is 1. The van der Waals surface area contributed by atoms with Gasteiger partial charge in [-0.2, -0.15) is 5.10 Å². The van der Waals surface area contributed by atoms with E-state index in [0.29, 0.717) is 5.71 Å². The predicted octanol–water partition coefficient (Wildman–Crippen LogP) is -0.757. The molecule has 1 aromatic heterocycles. The van der Waals surface area contributed by atoms with Crippen molar-refractivity contribution >= 4 is 11.6 Å². The molecule has 0 aromatic carbocycles. The first-order valence-corrected chi connectivity index (χ1v) is 3.82. The first-order chi connectivity index (χ1) is 6.29. The number of hydrogen-bond donors (Lipinski definition) is 2. The zero-order valence-corrected chi connectivity index (χ0v) is 6.77. The Morgan fingerprint density at radius 3 is 2.92 bits per heavy atom. The Kier molecular flexibility index (Phi) is 1.79. The molecule has 3 N–H and O–H groups in total. The minimum absolute atomic E-state index is 0.279. The molecule has 0 radical (unpaired) electrons. The number of nitrogens with one attached hydrogen (secondary N) is 1. The van der Waals surface area contributed by atoms with Crippen LogP contribution < -0.4 is 11.2 Å². The second-order valence-electron chi connectivity index (χ2n) is 2.69. The predicted molar refractivity (Wildman–Crippen MR) is 46.9 cm³/mol. The molecule has 13 heavy (non-hydrogen) atoms. The highest BCUT2D eigenvalue weighted by atomic mass is 16.2. The van der Waals surface area contributed by atoms with Gasteiger partial charge in [0.15, 0.2) is 0 Å². The lowest BCUT2D eigenvalue weighted by atomic mass is 10.1. The third-order valence-electron chi connectivity index (χ3n) is 1.82. The van der Waals surface area contributed by atoms with Crippen molar-refractivity contribution in [2.24, 2.45) is 10.8 Å². The van der Waals surface area contributed by atoms with Crippen molar-refractivity contribution < 1.29 is 4.79 Å². The van der Waals surface area contributed by atoms with E-state index in [2.05, 4.69) is 15.5 Å². The van der Waals surface area contributed by atoms with E-state index in [1.54, 1.807) is 18.5 Å². The smallest absolute Gasteiger partial charge is 0.263 e. The van der Waals surface area contributed by atoms with Crippen LogP contribution in [0.4, 0.5) is 0 Å². The Bertz CT molecular complexity index is 360. The maximum Gasteiger partial charge on any atom is 0.263 e. The van der Waals surface area contributed by atoms with Gasteiger partial charge < -0.3 is 5.73 Å². The molecule has 1 atom stereocenters. The second kappa shape index (κ2) is 2.95. The van der Waals surface area contributed by atoms with Crippen LogP contribution in [0.1, 0.15) is 5.56 Å². The highest BCUT2D eigenvalue weighted by Gasteiger charge is 2.26. The second-order valence-corrected chi connectivity index (χ2v) is 2.69. The Hall–Kier alpha value is -1.75. The van der Waals surface area contributed by atoms with Crippen molar-refractivity contribution in [2.75, 3.05) is 0 Å². The first-order valence-electron chi connectivity index (χ1n) is 3.82. The van der Waals surface area contributed by atoms with Gasteiger partial charge in [0.1, 0.15) is 6.04 Å². The molecule has 2 heterocycles. The molecule has 0 fully saturated rings. The Morgan fingerprint density at radius 2 is 2.38 bits per heavy atom. The molecular formula is C8H8N4O. The quantitative estimate of drug-likeness (QED) is 0.590. The molecule has 1 aromatic rings. The van der Waals surface area contributed by atoms with Crippen LogP contribution in [-0.4, -0.2) is 22.6 Å². The van der Waals surface area contributed by atoms with Gasteiger partial charge in [-0.1, -0.05) is 0 Å². The van der Waals surface area contributed by atoms with Gasteiger partial charge in [-0.15, -0.1) is 0 Å². The molecule has 2 rings (SSSR count). The zero-order valence-electron chi connectivity index (χ0n) is 6.77. The highest BCUT2D eigenvalue weighted by molar-refractivity contribution is 6.19. The summed E-state index contributed by atoms with van der Waals surface area (Å²) in [4.78, 5) is 14.9. The van der Waals surface area contributed by atoms with Crippen molar-refractivity contribution in [3.05, 3.63) is 30.1 Å². The summed E-state index contributed by atoms with van der Waals surface area (Å²) in [5.74, 6) is -0.279. The van der Waals surface area contributed by atoms with E-state index in [-0.39, 0.29) is 5.91 Å². The van der Waals surface area contributed by atoms with Crippen LogP contribution >= 0.6 is 0 Å². The lowest BCUT2D eigenvalue weighted by molar-refractivity contribution is -0.120. The van der Waals surface area contributed by atoms with Gasteiger partial charge in [-0.3, -0.25) is 9.78 Å². The summed E-state index contributed by atoms with van der Waals surface area (Å²) in [7, 11) is 0. The van der Waals surface area contributed by atoms with Crippen LogP contribution in [-0.2, 0) is 4.79 Å². The van der Waals surface area contributed by atoms with Crippen molar-refractivity contribution in [1.29, 1.82) is 0 Å². The Morgan fingerprint density at radius 1 is 1.54 bits per heavy atom. The van der Waals surface area contributed by atoms with Gasteiger partial charge in [-0.05, 0) is 12.1 Å². The van der Waals surface area contributed by atoms with Crippen LogP contribution in [0.25, 0.3) is 0 Å². The standard InChI is InChI=1S/C8H8N4O/c9-6-7(11-12-8(6)13)5-2-1-3-10-4-5/h1-4,6H,9H2,(H,12,13). The summed E-state index contributed by atoms with van der Waals surface area (Å²) in [5.41, 5.74) is 9.21. The fourth-order valence-corrected chi connectivity index (χ4v) is 1.14. The number of carbonyl (C=O) groups is 1. The van der Waals surface area contributed by atoms with Crippen LogP contribution in [0.3, 0.4) is 0 Å². The molecule has 1 aliphatic rings. The molecular weight excluding hydrogens is 168 g/mol. The van der Waals surface area contributed by atoms with Crippen LogP contribution in [0, 0.1) is 0 Å². The van der Waals surface area contributed by atoms with Gasteiger partial charge >= 0.3 is 0 Å². The van der Waals surface area contributed by atoms with E-state index < -0.39 is 6.04 Å². The molecule has 1 aliphatic heterocycles. The van der Waals surface area contributed by atoms with Crippen molar-refractivity contribution in [3.8, 4) is 0 Å². The molecule has 0 saturated carbocycles. The summed E-state index contributed by atoms with van der Waals surface area (Å²) in [6.45, 7) is 0. The summed E-state index contributed by atoms with van der Waals surface area (Å²) in [6.07, 6.45) is 3.28. The van der Waals surface area contributed by atoms with Gasteiger partial charge in [0.05, 0.1) is 5.71 Å². The molecule has 0 aliphatic carbocycles. The fraction of sp³-hybridized carbons (Fsp3) is 0.125. The number of nitrogens with two attached hydrogens (primary N) is 1. The van der Waals surface area contributed by atoms with E-state index in [0.717, 1.165) is 5.56 Å². The Labute approximate surface area is 74.7 Å². The van der Waals surface area contributed by atoms with Gasteiger partial charge in [0.2, 0.25) is 0 Å². The fourth-order valence-electron chi connectivity index (χ4n) is 1.14. The molecule has 0 saturated heterocycles. The number of aromatic nitrogens is 1. The van der Waals surface area contributed by atoms with Crippen LogP contribution in [0.5, 0.6) is 0 Å². The van der Waals surface area contributed by atoms with Crippen molar-refractivity contribution in [2.45, 2.75) is 6.04 Å². The molecule has 0 bridgehead atoms. The summed E-state index contributed by atoms with van der Waals surface area (Å²) in [5, 5.41) is 3.82. The summed E-state index contributed by atoms with van der Waals surface area (Å²) >= 11 is 0. The average molecular weight is 176 g/mol. The number of amides is 1. The van der Waals surface area contributed by atoms with Crippen LogP contribution in [0.15, 0.2) is 29.6 Å². The maximum atomic E-state index is 11.0. The maximum absolute atomic E-state index is 11.0. The Balaban J connectivity index is 2.34. The van der Waals surface area contributed by atoms with Gasteiger partial charge in [0.25, 0.3) is 5.91 Å². The first kappa shape index (κ1) is 7.88. The largest absolute Gasteiger partial charge is 0.315 e. The third kappa shape index (κ3) is 1.29. The molecule has 5 heteroatoms. The third-order valence-corrected chi connectivity index (χ3v) is 1.82. The van der Waals surface area contributed by atoms with E-state index in [9.17, 15) is 4.79 Å². The van der Waals surface area contributed by atoms with E-state index in [1.165, 1.54) is 0 Å². The monoisotopic (exact) mass is 176 g/mol. The van der Waals surface area contributed by atoms with Crippen molar-refractivity contribution in [3.63, 3.8) is 0 Å². The normalized spacial score (nSPS) is 21.2. The minimum Gasteiger partial charge on any atom is -0.315 e. The number of nitrogens with zero attached hydrogens (tertiary/aromatic N) is 2. The summed E-state index contributed by atoms with van der Waals surface area (Å²) < 4.78 is 0.